The maximum absolute atomic E-state index is 4.41. The topological polar surface area (TPSA) is 25.8 Å². The van der Waals surface area contributed by atoms with E-state index in [1.165, 1.54) is 0 Å². The van der Waals surface area contributed by atoms with E-state index in [2.05, 4.69) is 25.9 Å². The molecule has 0 amide bonds. The van der Waals surface area contributed by atoms with Crippen LogP contribution in [0.2, 0.25) is 0 Å². The van der Waals surface area contributed by atoms with Crippen LogP contribution in [0.25, 0.3) is 11.0 Å². The first-order chi connectivity index (χ1) is 6.29. The molecule has 0 aliphatic rings. The van der Waals surface area contributed by atoms with E-state index in [0.717, 1.165) is 20.5 Å². The largest absolute Gasteiger partial charge is 0.252 e. The van der Waals surface area contributed by atoms with Gasteiger partial charge in [0.2, 0.25) is 0 Å². The molecule has 0 atom stereocenters. The van der Waals surface area contributed by atoms with Crippen LogP contribution in [0, 0.1) is 0 Å². The highest BCUT2D eigenvalue weighted by Gasteiger charge is 1.98. The predicted molar refractivity (Wildman–Crippen MR) is 59.0 cm³/mol. The van der Waals surface area contributed by atoms with Crippen LogP contribution in [0.5, 0.6) is 0 Å². The standard InChI is InChI=1S/C9H7BrN2S/c1-13-9-5-11-8-4-6(10)2-3-7(8)12-9/h2-5H,1H3. The number of thioether (sulfide) groups is 1. The minimum Gasteiger partial charge on any atom is -0.252 e. The number of halogens is 1. The summed E-state index contributed by atoms with van der Waals surface area (Å²) in [7, 11) is 0. The molecule has 0 radical (unpaired) electrons. The summed E-state index contributed by atoms with van der Waals surface area (Å²) in [5.74, 6) is 0. The molecule has 2 rings (SSSR count). The third-order valence-corrected chi connectivity index (χ3v) is 2.80. The molecule has 1 aromatic carbocycles. The van der Waals surface area contributed by atoms with Crippen molar-refractivity contribution < 1.29 is 0 Å². The fourth-order valence-electron chi connectivity index (χ4n) is 1.07. The first-order valence-corrected chi connectivity index (χ1v) is 5.77. The molecule has 0 saturated heterocycles. The van der Waals surface area contributed by atoms with E-state index in [0.29, 0.717) is 0 Å². The Morgan fingerprint density at radius 1 is 1.31 bits per heavy atom. The van der Waals surface area contributed by atoms with Crippen molar-refractivity contribution in [3.63, 3.8) is 0 Å². The van der Waals surface area contributed by atoms with Gasteiger partial charge in [0.05, 0.1) is 17.2 Å². The summed E-state index contributed by atoms with van der Waals surface area (Å²) >= 11 is 5.00. The molecule has 4 heteroatoms. The Bertz CT molecular complexity index is 445. The van der Waals surface area contributed by atoms with Crippen molar-refractivity contribution in [2.24, 2.45) is 0 Å². The third kappa shape index (κ3) is 1.84. The average Bonchev–Trinajstić information content (AvgIpc) is 2.17. The van der Waals surface area contributed by atoms with Gasteiger partial charge in [0.25, 0.3) is 0 Å². The molecule has 0 bridgehead atoms. The van der Waals surface area contributed by atoms with E-state index >= 15 is 0 Å². The summed E-state index contributed by atoms with van der Waals surface area (Å²) in [6.07, 6.45) is 3.79. The van der Waals surface area contributed by atoms with E-state index in [1.54, 1.807) is 18.0 Å². The van der Waals surface area contributed by atoms with Crippen molar-refractivity contribution >= 4 is 38.7 Å². The van der Waals surface area contributed by atoms with Crippen LogP contribution in [0.1, 0.15) is 0 Å². The second-order valence-corrected chi connectivity index (χ2v) is 4.29. The lowest BCUT2D eigenvalue weighted by Gasteiger charge is -1.98. The minimum atomic E-state index is 0.923. The lowest BCUT2D eigenvalue weighted by Crippen LogP contribution is -1.85. The zero-order valence-corrected chi connectivity index (χ0v) is 9.39. The number of nitrogens with zero attached hydrogens (tertiary/aromatic N) is 2. The Morgan fingerprint density at radius 3 is 2.92 bits per heavy atom. The maximum atomic E-state index is 4.41. The van der Waals surface area contributed by atoms with Crippen LogP contribution in [0.15, 0.2) is 33.9 Å². The zero-order valence-electron chi connectivity index (χ0n) is 6.99. The monoisotopic (exact) mass is 254 g/mol. The predicted octanol–water partition coefficient (Wildman–Crippen LogP) is 3.11. The van der Waals surface area contributed by atoms with Gasteiger partial charge in [-0.2, -0.15) is 0 Å². The molecule has 2 aromatic rings. The average molecular weight is 255 g/mol. The minimum absolute atomic E-state index is 0.923. The van der Waals surface area contributed by atoms with Gasteiger partial charge in [0, 0.05) is 4.47 Å². The number of rotatable bonds is 1. The molecule has 0 saturated carbocycles. The van der Waals surface area contributed by atoms with E-state index in [4.69, 9.17) is 0 Å². The molecule has 0 N–H and O–H groups in total. The third-order valence-electron chi connectivity index (χ3n) is 1.69. The molecule has 0 unspecified atom stereocenters. The summed E-state index contributed by atoms with van der Waals surface area (Å²) in [6, 6.07) is 5.90. The second kappa shape index (κ2) is 3.64. The molecule has 1 heterocycles. The van der Waals surface area contributed by atoms with Gasteiger partial charge in [-0.05, 0) is 24.5 Å². The fraction of sp³-hybridized carbons (Fsp3) is 0.111. The summed E-state index contributed by atoms with van der Waals surface area (Å²) in [4.78, 5) is 8.71. The number of fused-ring (bicyclic) bond motifs is 1. The van der Waals surface area contributed by atoms with Gasteiger partial charge in [-0.15, -0.1) is 11.8 Å². The normalized spacial score (nSPS) is 10.6. The van der Waals surface area contributed by atoms with E-state index in [9.17, 15) is 0 Å². The number of benzene rings is 1. The Morgan fingerprint density at radius 2 is 2.15 bits per heavy atom. The Labute approximate surface area is 88.9 Å². The van der Waals surface area contributed by atoms with Crippen molar-refractivity contribution in [3.05, 3.63) is 28.9 Å². The SMILES string of the molecule is CSc1cnc2cc(Br)ccc2n1. The Balaban J connectivity index is 2.66. The van der Waals surface area contributed by atoms with Crippen molar-refractivity contribution in [1.82, 2.24) is 9.97 Å². The van der Waals surface area contributed by atoms with Gasteiger partial charge < -0.3 is 0 Å². The molecule has 13 heavy (non-hydrogen) atoms. The van der Waals surface area contributed by atoms with Crippen LogP contribution in [-0.4, -0.2) is 16.2 Å². The van der Waals surface area contributed by atoms with Gasteiger partial charge in [0.15, 0.2) is 0 Å². The second-order valence-electron chi connectivity index (χ2n) is 2.55. The molecule has 2 nitrogen and oxygen atoms in total. The maximum Gasteiger partial charge on any atom is 0.115 e. The lowest BCUT2D eigenvalue weighted by atomic mass is 10.3. The van der Waals surface area contributed by atoms with Crippen molar-refractivity contribution in [3.8, 4) is 0 Å². The van der Waals surface area contributed by atoms with Crippen molar-refractivity contribution in [2.75, 3.05) is 6.26 Å². The lowest BCUT2D eigenvalue weighted by molar-refractivity contribution is 1.12. The highest BCUT2D eigenvalue weighted by Crippen LogP contribution is 2.19. The summed E-state index contributed by atoms with van der Waals surface area (Å²) < 4.78 is 1.03. The van der Waals surface area contributed by atoms with Crippen LogP contribution < -0.4 is 0 Å². The van der Waals surface area contributed by atoms with Crippen molar-refractivity contribution in [1.29, 1.82) is 0 Å². The first-order valence-electron chi connectivity index (χ1n) is 3.76. The molecule has 0 spiro atoms. The molecular formula is C9H7BrN2S. The summed E-state index contributed by atoms with van der Waals surface area (Å²) in [5.41, 5.74) is 1.86. The van der Waals surface area contributed by atoms with E-state index < -0.39 is 0 Å². The van der Waals surface area contributed by atoms with Gasteiger partial charge in [-0.1, -0.05) is 15.9 Å². The zero-order chi connectivity index (χ0) is 9.26. The van der Waals surface area contributed by atoms with Gasteiger partial charge in [-0.3, -0.25) is 4.98 Å². The van der Waals surface area contributed by atoms with Gasteiger partial charge in [-0.25, -0.2) is 4.98 Å². The molecular weight excluding hydrogens is 248 g/mol. The molecule has 1 aromatic heterocycles. The molecule has 0 fully saturated rings. The van der Waals surface area contributed by atoms with Crippen LogP contribution in [0.4, 0.5) is 0 Å². The molecule has 66 valence electrons. The van der Waals surface area contributed by atoms with Gasteiger partial charge >= 0.3 is 0 Å². The van der Waals surface area contributed by atoms with Crippen LogP contribution in [0.3, 0.4) is 0 Å². The van der Waals surface area contributed by atoms with E-state index in [-0.39, 0.29) is 0 Å². The number of aromatic nitrogens is 2. The highest BCUT2D eigenvalue weighted by atomic mass is 79.9. The van der Waals surface area contributed by atoms with Crippen LogP contribution >= 0.6 is 27.7 Å². The first kappa shape index (κ1) is 8.97. The van der Waals surface area contributed by atoms with Crippen molar-refractivity contribution in [2.45, 2.75) is 5.03 Å². The van der Waals surface area contributed by atoms with E-state index in [1.807, 2.05) is 24.5 Å². The van der Waals surface area contributed by atoms with Gasteiger partial charge in [0.1, 0.15) is 5.03 Å². The quantitative estimate of drug-likeness (QED) is 0.732. The Hall–Kier alpha value is -0.610. The summed E-state index contributed by atoms with van der Waals surface area (Å²) in [5, 5.41) is 0.954. The fourth-order valence-corrected chi connectivity index (χ4v) is 1.76. The molecule has 0 aliphatic carbocycles. The summed E-state index contributed by atoms with van der Waals surface area (Å²) in [6.45, 7) is 0. The van der Waals surface area contributed by atoms with Crippen LogP contribution in [-0.2, 0) is 0 Å². The highest BCUT2D eigenvalue weighted by molar-refractivity contribution is 9.10. The number of hydrogen-bond acceptors (Lipinski definition) is 3. The smallest absolute Gasteiger partial charge is 0.115 e. The number of hydrogen-bond donors (Lipinski definition) is 0. The Kier molecular flexibility index (Phi) is 2.51. The molecule has 0 aliphatic heterocycles.